The number of morpholine rings is 1. The van der Waals surface area contributed by atoms with Gasteiger partial charge in [0.2, 0.25) is 0 Å². The number of hydrogen-bond acceptors (Lipinski definition) is 8. The van der Waals surface area contributed by atoms with Crippen LogP contribution in [0.5, 0.6) is 5.75 Å². The number of carbonyl (C=O) groups excluding carboxylic acids is 1. The van der Waals surface area contributed by atoms with Crippen molar-refractivity contribution in [3.63, 3.8) is 0 Å². The van der Waals surface area contributed by atoms with E-state index in [1.807, 2.05) is 4.90 Å². The third-order valence-electron chi connectivity index (χ3n) is 7.31. The van der Waals surface area contributed by atoms with Gasteiger partial charge in [-0.05, 0) is 60.7 Å². The van der Waals surface area contributed by atoms with Crippen molar-refractivity contribution in [3.8, 4) is 5.75 Å². The normalized spacial score (nSPS) is 13.4. The van der Waals surface area contributed by atoms with Crippen LogP contribution in [0, 0.1) is 0 Å². The summed E-state index contributed by atoms with van der Waals surface area (Å²) in [6.07, 6.45) is 1.44. The molecule has 246 valence electrons. The molecule has 0 aromatic heterocycles. The third-order valence-corrected chi connectivity index (χ3v) is 10.8. The molecule has 1 saturated heterocycles. The number of methoxy groups -OCH3 is 1. The number of halogens is 1. The average molecular weight is 697 g/mol. The Kier molecular flexibility index (Phi) is 10.4. The van der Waals surface area contributed by atoms with Crippen molar-refractivity contribution in [1.82, 2.24) is 0 Å². The van der Waals surface area contributed by atoms with Crippen molar-refractivity contribution in [2.24, 2.45) is 0 Å². The number of benzene rings is 4. The van der Waals surface area contributed by atoms with E-state index in [1.54, 1.807) is 60.7 Å². The Hall–Kier alpha value is -4.56. The number of carbonyl (C=O) groups is 1. The molecule has 0 atom stereocenters. The van der Waals surface area contributed by atoms with E-state index < -0.39 is 26.0 Å². The lowest BCUT2D eigenvalue weighted by atomic mass is 10.2. The number of para-hydroxylation sites is 3. The number of nitrogens with one attached hydrogen (secondary N) is 2. The molecular weight excluding hydrogens is 664 g/mol. The molecule has 0 radical (unpaired) electrons. The van der Waals surface area contributed by atoms with E-state index in [4.69, 9.17) is 21.1 Å². The summed E-state index contributed by atoms with van der Waals surface area (Å²) in [6, 6.07) is 23.3. The Bertz CT molecular complexity index is 2000. The SMILES string of the molecule is C=CCN(c1ccccc1Cl)S(=O)(=O)c1cccc(C(=O)Nc2ccc(N3CCOCC3)c(S(=O)(=O)Nc3ccccc3OC)c2)c1. The predicted molar refractivity (Wildman–Crippen MR) is 184 cm³/mol. The molecular formula is C33H33ClN4O7S2. The molecule has 0 aliphatic carbocycles. The van der Waals surface area contributed by atoms with Crippen molar-refractivity contribution in [2.45, 2.75) is 9.79 Å². The highest BCUT2D eigenvalue weighted by Gasteiger charge is 2.28. The molecule has 0 spiro atoms. The quantitative estimate of drug-likeness (QED) is 0.182. The second kappa shape index (κ2) is 14.5. The molecule has 1 heterocycles. The van der Waals surface area contributed by atoms with Gasteiger partial charge in [0.05, 0.1) is 53.8 Å². The van der Waals surface area contributed by atoms with Crippen molar-refractivity contribution in [2.75, 3.05) is 59.2 Å². The molecule has 0 saturated carbocycles. The number of ether oxygens (including phenoxy) is 2. The van der Waals surface area contributed by atoms with Crippen molar-refractivity contribution in [3.05, 3.63) is 114 Å². The largest absolute Gasteiger partial charge is 0.495 e. The summed E-state index contributed by atoms with van der Waals surface area (Å²) < 4.78 is 69.6. The highest BCUT2D eigenvalue weighted by Crippen LogP contribution is 2.34. The Morgan fingerprint density at radius 2 is 1.70 bits per heavy atom. The fraction of sp³-hybridized carbons (Fsp3) is 0.182. The Morgan fingerprint density at radius 3 is 2.43 bits per heavy atom. The van der Waals surface area contributed by atoms with E-state index in [9.17, 15) is 21.6 Å². The highest BCUT2D eigenvalue weighted by molar-refractivity contribution is 7.93. The molecule has 5 rings (SSSR count). The zero-order valence-electron chi connectivity index (χ0n) is 25.4. The first-order valence-electron chi connectivity index (χ1n) is 14.5. The summed E-state index contributed by atoms with van der Waals surface area (Å²) >= 11 is 6.32. The molecule has 4 aromatic carbocycles. The summed E-state index contributed by atoms with van der Waals surface area (Å²) in [4.78, 5) is 15.2. The molecule has 0 unspecified atom stereocenters. The van der Waals surface area contributed by atoms with E-state index in [-0.39, 0.29) is 44.0 Å². The maximum Gasteiger partial charge on any atom is 0.264 e. The average Bonchev–Trinajstić information content (AvgIpc) is 3.08. The molecule has 0 bridgehead atoms. The maximum atomic E-state index is 13.8. The molecule has 1 aliphatic rings. The lowest BCUT2D eigenvalue weighted by Crippen LogP contribution is -2.37. The van der Waals surface area contributed by atoms with Gasteiger partial charge in [-0.3, -0.25) is 13.8 Å². The molecule has 47 heavy (non-hydrogen) atoms. The van der Waals surface area contributed by atoms with Gasteiger partial charge < -0.3 is 19.7 Å². The first-order chi connectivity index (χ1) is 22.5. The van der Waals surface area contributed by atoms with Crippen LogP contribution in [0.4, 0.5) is 22.7 Å². The maximum absolute atomic E-state index is 13.8. The first-order valence-corrected chi connectivity index (χ1v) is 17.8. The Balaban J connectivity index is 1.47. The fourth-order valence-electron chi connectivity index (χ4n) is 5.03. The third kappa shape index (κ3) is 7.54. The lowest BCUT2D eigenvalue weighted by molar-refractivity contribution is 0.102. The zero-order chi connectivity index (χ0) is 33.6. The van der Waals surface area contributed by atoms with E-state index in [0.29, 0.717) is 37.7 Å². The minimum atomic E-state index is -4.19. The van der Waals surface area contributed by atoms with Gasteiger partial charge in [-0.1, -0.05) is 48.0 Å². The van der Waals surface area contributed by atoms with Gasteiger partial charge in [0.25, 0.3) is 26.0 Å². The summed E-state index contributed by atoms with van der Waals surface area (Å²) in [5.74, 6) is -0.306. The molecule has 11 nitrogen and oxygen atoms in total. The van der Waals surface area contributed by atoms with Crippen molar-refractivity contribution in [1.29, 1.82) is 0 Å². The van der Waals surface area contributed by atoms with Crippen LogP contribution in [0.25, 0.3) is 0 Å². The number of sulfonamides is 2. The molecule has 14 heteroatoms. The van der Waals surface area contributed by atoms with Crippen molar-refractivity contribution < 1.29 is 31.1 Å². The number of hydrogen-bond donors (Lipinski definition) is 2. The van der Waals surface area contributed by atoms with Crippen LogP contribution in [0.3, 0.4) is 0 Å². The number of amides is 1. The van der Waals surface area contributed by atoms with Crippen LogP contribution in [-0.4, -0.2) is 62.7 Å². The summed E-state index contributed by atoms with van der Waals surface area (Å²) in [6.45, 7) is 5.42. The monoisotopic (exact) mass is 696 g/mol. The van der Waals surface area contributed by atoms with E-state index in [1.165, 1.54) is 43.5 Å². The van der Waals surface area contributed by atoms with Crippen LogP contribution >= 0.6 is 11.6 Å². The van der Waals surface area contributed by atoms with Gasteiger partial charge in [-0.25, -0.2) is 16.8 Å². The van der Waals surface area contributed by atoms with Crippen molar-refractivity contribution >= 4 is 60.3 Å². The van der Waals surface area contributed by atoms with Crippen LogP contribution in [0.1, 0.15) is 10.4 Å². The smallest absolute Gasteiger partial charge is 0.264 e. The standard InChI is InChI=1S/C33H33ClN4O7S2/c1-3-17-38(29-13-6-4-11-27(29)34)47(42,43)26-10-8-9-24(22-26)33(39)35-25-15-16-30(37-18-20-45-21-19-37)32(23-25)46(40,41)36-28-12-5-7-14-31(28)44-2/h3-16,22-23,36H,1,17-21H2,2H3,(H,35,39). The van der Waals surface area contributed by atoms with Crippen LogP contribution < -0.4 is 24.0 Å². The van der Waals surface area contributed by atoms with E-state index in [0.717, 1.165) is 4.31 Å². The molecule has 1 fully saturated rings. The van der Waals surface area contributed by atoms with Gasteiger partial charge in [0, 0.05) is 24.3 Å². The lowest BCUT2D eigenvalue weighted by Gasteiger charge is -2.30. The Morgan fingerprint density at radius 1 is 0.979 bits per heavy atom. The second-order valence-electron chi connectivity index (χ2n) is 10.3. The van der Waals surface area contributed by atoms with Gasteiger partial charge in [0.15, 0.2) is 0 Å². The van der Waals surface area contributed by atoms with E-state index in [2.05, 4.69) is 16.6 Å². The number of anilines is 4. The van der Waals surface area contributed by atoms with Gasteiger partial charge in [-0.15, -0.1) is 6.58 Å². The van der Waals surface area contributed by atoms with Gasteiger partial charge >= 0.3 is 0 Å². The minimum absolute atomic E-state index is 0.0394. The van der Waals surface area contributed by atoms with Crippen LogP contribution in [0.15, 0.2) is 113 Å². The predicted octanol–water partition coefficient (Wildman–Crippen LogP) is 5.62. The topological polar surface area (TPSA) is 134 Å². The Labute approximate surface area is 279 Å². The van der Waals surface area contributed by atoms with Crippen LogP contribution in [0.2, 0.25) is 5.02 Å². The molecule has 4 aromatic rings. The first kappa shape index (κ1) is 33.8. The molecule has 1 aliphatic heterocycles. The van der Waals surface area contributed by atoms with Crippen LogP contribution in [-0.2, 0) is 24.8 Å². The second-order valence-corrected chi connectivity index (χ2v) is 14.3. The fourth-order valence-corrected chi connectivity index (χ4v) is 8.14. The number of rotatable bonds is 12. The highest BCUT2D eigenvalue weighted by atomic mass is 35.5. The van der Waals surface area contributed by atoms with E-state index >= 15 is 0 Å². The zero-order valence-corrected chi connectivity index (χ0v) is 27.8. The van der Waals surface area contributed by atoms with Gasteiger partial charge in [0.1, 0.15) is 10.6 Å². The summed E-state index contributed by atoms with van der Waals surface area (Å²) in [5.41, 5.74) is 1.17. The molecule has 1 amide bonds. The number of nitrogens with zero attached hydrogens (tertiary/aromatic N) is 2. The summed E-state index contributed by atoms with van der Waals surface area (Å²) in [7, 11) is -6.91. The molecule has 2 N–H and O–H groups in total. The minimum Gasteiger partial charge on any atom is -0.495 e. The van der Waals surface area contributed by atoms with Gasteiger partial charge in [-0.2, -0.15) is 0 Å². The summed E-state index contributed by atoms with van der Waals surface area (Å²) in [5, 5.41) is 2.95.